The number of hydrogen-bond acceptors (Lipinski definition) is 3. The first-order valence-corrected chi connectivity index (χ1v) is 5.70. The lowest BCUT2D eigenvalue weighted by Crippen LogP contribution is -2.49. The number of aliphatic hydroxyl groups is 1. The van der Waals surface area contributed by atoms with E-state index in [1.54, 1.807) is 6.92 Å². The lowest BCUT2D eigenvalue weighted by atomic mass is 10.0. The van der Waals surface area contributed by atoms with E-state index in [1.165, 1.54) is 0 Å². The second-order valence-electron chi connectivity index (χ2n) is 4.49. The van der Waals surface area contributed by atoms with Crippen LogP contribution in [0.4, 0.5) is 0 Å². The fraction of sp³-hybridized carbons (Fsp3) is 0.909. The highest BCUT2D eigenvalue weighted by molar-refractivity contribution is 5.73. The Balaban J connectivity index is 2.32. The van der Waals surface area contributed by atoms with Crippen LogP contribution in [0.3, 0.4) is 0 Å². The van der Waals surface area contributed by atoms with Crippen molar-refractivity contribution in [2.75, 3.05) is 13.1 Å². The van der Waals surface area contributed by atoms with Crippen LogP contribution in [0.15, 0.2) is 0 Å². The maximum Gasteiger partial charge on any atom is 0.217 e. The van der Waals surface area contributed by atoms with Gasteiger partial charge >= 0.3 is 0 Å². The van der Waals surface area contributed by atoms with Gasteiger partial charge in [-0.2, -0.15) is 0 Å². The van der Waals surface area contributed by atoms with Crippen LogP contribution in [0.1, 0.15) is 33.6 Å². The summed E-state index contributed by atoms with van der Waals surface area (Å²) in [6.07, 6.45) is 1.68. The molecule has 0 spiro atoms. The molecule has 0 saturated carbocycles. The smallest absolute Gasteiger partial charge is 0.217 e. The number of aliphatic hydroxyl groups excluding tert-OH is 1. The zero-order valence-electron chi connectivity index (χ0n) is 9.86. The molecule has 1 rings (SSSR count). The van der Waals surface area contributed by atoms with E-state index in [4.69, 9.17) is 0 Å². The Morgan fingerprint density at radius 1 is 1.40 bits per heavy atom. The molecule has 1 aliphatic rings. The summed E-state index contributed by atoms with van der Waals surface area (Å²) < 4.78 is 0. The SMILES string of the molecule is CC(=O)NC1CCN(C(C)C(C)O)CC1. The minimum atomic E-state index is -0.290. The fourth-order valence-corrected chi connectivity index (χ4v) is 2.04. The minimum Gasteiger partial charge on any atom is -0.392 e. The molecule has 1 heterocycles. The van der Waals surface area contributed by atoms with Crippen LogP contribution in [0, 0.1) is 0 Å². The molecular formula is C11H22N2O2. The van der Waals surface area contributed by atoms with Crippen LogP contribution in [0.25, 0.3) is 0 Å². The Morgan fingerprint density at radius 3 is 2.33 bits per heavy atom. The molecule has 1 fully saturated rings. The van der Waals surface area contributed by atoms with Gasteiger partial charge in [-0.25, -0.2) is 0 Å². The van der Waals surface area contributed by atoms with E-state index in [1.807, 2.05) is 13.8 Å². The first-order chi connectivity index (χ1) is 7.00. The van der Waals surface area contributed by atoms with Gasteiger partial charge in [0.25, 0.3) is 0 Å². The molecule has 0 bridgehead atoms. The molecule has 0 aromatic carbocycles. The molecule has 88 valence electrons. The number of amides is 1. The summed E-state index contributed by atoms with van der Waals surface area (Å²) in [7, 11) is 0. The molecule has 1 amide bonds. The molecule has 15 heavy (non-hydrogen) atoms. The number of carbonyl (C=O) groups is 1. The number of piperidine rings is 1. The van der Waals surface area contributed by atoms with Crippen molar-refractivity contribution in [1.29, 1.82) is 0 Å². The van der Waals surface area contributed by atoms with Crippen LogP contribution in [0.5, 0.6) is 0 Å². The zero-order chi connectivity index (χ0) is 11.4. The number of likely N-dealkylation sites (tertiary alicyclic amines) is 1. The molecule has 2 unspecified atom stereocenters. The van der Waals surface area contributed by atoms with Gasteiger partial charge in [0.2, 0.25) is 5.91 Å². The Labute approximate surface area is 91.6 Å². The highest BCUT2D eigenvalue weighted by Crippen LogP contribution is 2.14. The number of rotatable bonds is 3. The van der Waals surface area contributed by atoms with E-state index in [9.17, 15) is 9.90 Å². The summed E-state index contributed by atoms with van der Waals surface area (Å²) in [5.41, 5.74) is 0. The van der Waals surface area contributed by atoms with Crippen LogP contribution >= 0.6 is 0 Å². The quantitative estimate of drug-likeness (QED) is 0.713. The molecule has 2 N–H and O–H groups in total. The summed E-state index contributed by atoms with van der Waals surface area (Å²) >= 11 is 0. The van der Waals surface area contributed by atoms with Crippen LogP contribution < -0.4 is 5.32 Å². The molecular weight excluding hydrogens is 192 g/mol. The summed E-state index contributed by atoms with van der Waals surface area (Å²) in [4.78, 5) is 13.2. The third kappa shape index (κ3) is 3.80. The molecule has 1 saturated heterocycles. The highest BCUT2D eigenvalue weighted by atomic mass is 16.3. The number of hydrogen-bond donors (Lipinski definition) is 2. The van der Waals surface area contributed by atoms with E-state index < -0.39 is 0 Å². The molecule has 4 nitrogen and oxygen atoms in total. The summed E-state index contributed by atoms with van der Waals surface area (Å²) in [6, 6.07) is 0.531. The molecule has 4 heteroatoms. The average molecular weight is 214 g/mol. The predicted molar refractivity (Wildman–Crippen MR) is 59.6 cm³/mol. The van der Waals surface area contributed by atoms with Gasteiger partial charge in [0, 0.05) is 32.1 Å². The number of carbonyl (C=O) groups excluding carboxylic acids is 1. The summed E-state index contributed by atoms with van der Waals surface area (Å²) in [5, 5.41) is 12.4. The van der Waals surface area contributed by atoms with Crippen LogP contribution in [-0.4, -0.2) is 47.2 Å². The summed E-state index contributed by atoms with van der Waals surface area (Å²) in [6.45, 7) is 7.34. The fourth-order valence-electron chi connectivity index (χ4n) is 2.04. The standard InChI is InChI=1S/C11H22N2O2/c1-8(9(2)14)13-6-4-11(5-7-13)12-10(3)15/h8-9,11,14H,4-7H2,1-3H3,(H,12,15). The van der Waals surface area contributed by atoms with Gasteiger partial charge in [0.15, 0.2) is 0 Å². The highest BCUT2D eigenvalue weighted by Gasteiger charge is 2.24. The third-order valence-electron chi connectivity index (χ3n) is 3.21. The van der Waals surface area contributed by atoms with Crippen molar-refractivity contribution in [3.8, 4) is 0 Å². The van der Waals surface area contributed by atoms with Crippen molar-refractivity contribution in [3.63, 3.8) is 0 Å². The Bertz CT molecular complexity index is 211. The Hall–Kier alpha value is -0.610. The largest absolute Gasteiger partial charge is 0.392 e. The first kappa shape index (κ1) is 12.5. The second kappa shape index (κ2) is 5.47. The van der Waals surface area contributed by atoms with Gasteiger partial charge in [0.05, 0.1) is 6.10 Å². The monoisotopic (exact) mass is 214 g/mol. The van der Waals surface area contributed by atoms with Gasteiger partial charge in [-0.15, -0.1) is 0 Å². The Morgan fingerprint density at radius 2 is 1.93 bits per heavy atom. The van der Waals surface area contributed by atoms with Crippen LogP contribution in [-0.2, 0) is 4.79 Å². The van der Waals surface area contributed by atoms with Gasteiger partial charge < -0.3 is 10.4 Å². The van der Waals surface area contributed by atoms with Gasteiger partial charge in [-0.1, -0.05) is 0 Å². The maximum absolute atomic E-state index is 10.9. The molecule has 0 radical (unpaired) electrons. The minimum absolute atomic E-state index is 0.0528. The van der Waals surface area contributed by atoms with E-state index in [2.05, 4.69) is 10.2 Å². The van der Waals surface area contributed by atoms with E-state index in [-0.39, 0.29) is 18.1 Å². The van der Waals surface area contributed by atoms with Crippen molar-refractivity contribution >= 4 is 5.91 Å². The Kier molecular flexibility index (Phi) is 4.54. The van der Waals surface area contributed by atoms with Gasteiger partial charge in [0.1, 0.15) is 0 Å². The number of nitrogens with zero attached hydrogens (tertiary/aromatic N) is 1. The lowest BCUT2D eigenvalue weighted by Gasteiger charge is -2.37. The average Bonchev–Trinajstić information content (AvgIpc) is 2.17. The van der Waals surface area contributed by atoms with Crippen molar-refractivity contribution in [2.24, 2.45) is 0 Å². The maximum atomic E-state index is 10.9. The zero-order valence-corrected chi connectivity index (χ0v) is 9.86. The third-order valence-corrected chi connectivity index (χ3v) is 3.21. The summed E-state index contributed by atoms with van der Waals surface area (Å²) in [5.74, 6) is 0.0528. The molecule has 1 aliphatic heterocycles. The predicted octanol–water partition coefficient (Wildman–Crippen LogP) is 0.356. The lowest BCUT2D eigenvalue weighted by molar-refractivity contribution is -0.120. The number of nitrogens with one attached hydrogen (secondary N) is 1. The first-order valence-electron chi connectivity index (χ1n) is 5.70. The molecule has 0 aromatic heterocycles. The second-order valence-corrected chi connectivity index (χ2v) is 4.49. The van der Waals surface area contributed by atoms with Gasteiger partial charge in [-0.05, 0) is 26.7 Å². The van der Waals surface area contributed by atoms with Crippen molar-refractivity contribution < 1.29 is 9.90 Å². The van der Waals surface area contributed by atoms with Crippen molar-refractivity contribution in [1.82, 2.24) is 10.2 Å². The van der Waals surface area contributed by atoms with Crippen molar-refractivity contribution in [3.05, 3.63) is 0 Å². The molecule has 0 aliphatic carbocycles. The van der Waals surface area contributed by atoms with Gasteiger partial charge in [-0.3, -0.25) is 9.69 Å². The molecule has 2 atom stereocenters. The van der Waals surface area contributed by atoms with Crippen molar-refractivity contribution in [2.45, 2.75) is 51.8 Å². The molecule has 0 aromatic rings. The normalized spacial score (nSPS) is 23.5. The topological polar surface area (TPSA) is 52.6 Å². The van der Waals surface area contributed by atoms with E-state index in [0.29, 0.717) is 6.04 Å². The van der Waals surface area contributed by atoms with E-state index in [0.717, 1.165) is 25.9 Å². The van der Waals surface area contributed by atoms with Crippen LogP contribution in [0.2, 0.25) is 0 Å². The van der Waals surface area contributed by atoms with E-state index >= 15 is 0 Å².